The van der Waals surface area contributed by atoms with Crippen molar-refractivity contribution >= 4 is 5.97 Å². The molecule has 0 unspecified atom stereocenters. The van der Waals surface area contributed by atoms with E-state index in [-0.39, 0.29) is 6.42 Å². The van der Waals surface area contributed by atoms with E-state index < -0.39 is 5.97 Å². The number of hydrogen-bond donors (Lipinski definition) is 1. The number of ether oxygens (including phenoxy) is 2. The lowest BCUT2D eigenvalue weighted by atomic mass is 9.75. The number of hydrogen-bond acceptors (Lipinski definition) is 3. The van der Waals surface area contributed by atoms with Gasteiger partial charge in [-0.1, -0.05) is 56.9 Å². The summed E-state index contributed by atoms with van der Waals surface area (Å²) in [5.41, 5.74) is 0. The van der Waals surface area contributed by atoms with Gasteiger partial charge in [0.25, 0.3) is 0 Å². The predicted octanol–water partition coefficient (Wildman–Crippen LogP) is 5.52. The summed E-state index contributed by atoms with van der Waals surface area (Å²) in [4.78, 5) is 10.5. The van der Waals surface area contributed by atoms with E-state index in [0.29, 0.717) is 24.0 Å². The van der Waals surface area contributed by atoms with Crippen molar-refractivity contribution in [1.82, 2.24) is 0 Å². The third kappa shape index (κ3) is 8.18. The Kier molecular flexibility index (Phi) is 10.8. The summed E-state index contributed by atoms with van der Waals surface area (Å²) in [6, 6.07) is 0. The summed E-state index contributed by atoms with van der Waals surface area (Å²) in [7, 11) is 0. The first kappa shape index (κ1) is 22.2. The molecule has 2 aliphatic heterocycles. The minimum absolute atomic E-state index is 0.0882. The molecule has 27 heavy (non-hydrogen) atoms. The van der Waals surface area contributed by atoms with Crippen LogP contribution in [0.4, 0.5) is 0 Å². The van der Waals surface area contributed by atoms with E-state index in [9.17, 15) is 4.79 Å². The van der Waals surface area contributed by atoms with E-state index in [0.717, 1.165) is 26.1 Å². The van der Waals surface area contributed by atoms with Crippen molar-refractivity contribution in [1.29, 1.82) is 0 Å². The van der Waals surface area contributed by atoms with Gasteiger partial charge in [-0.05, 0) is 50.4 Å². The topological polar surface area (TPSA) is 55.8 Å². The molecule has 0 aromatic heterocycles. The Hall–Kier alpha value is -1.13. The Balaban J connectivity index is 1.60. The number of fused-ring (bicyclic) bond motifs is 2. The zero-order valence-electron chi connectivity index (χ0n) is 17.0. The molecular weight excluding hydrogens is 340 g/mol. The van der Waals surface area contributed by atoms with Crippen molar-refractivity contribution in [3.8, 4) is 0 Å². The second-order valence-corrected chi connectivity index (χ2v) is 7.98. The van der Waals surface area contributed by atoms with Crippen molar-refractivity contribution in [2.45, 2.75) is 89.8 Å². The fraction of sp³-hybridized carbons (Fsp3) is 0.783. The highest BCUT2D eigenvalue weighted by Crippen LogP contribution is 2.47. The zero-order chi connectivity index (χ0) is 19.3. The van der Waals surface area contributed by atoms with Gasteiger partial charge in [0.15, 0.2) is 0 Å². The highest BCUT2D eigenvalue weighted by molar-refractivity contribution is 5.68. The summed E-state index contributed by atoms with van der Waals surface area (Å²) in [6.45, 7) is 4.05. The quantitative estimate of drug-likeness (QED) is 0.301. The molecule has 2 saturated heterocycles. The molecule has 2 rings (SSSR count). The summed E-state index contributed by atoms with van der Waals surface area (Å²) in [5, 5.41) is 8.63. The monoisotopic (exact) mass is 378 g/mol. The maximum Gasteiger partial charge on any atom is 0.307 e. The van der Waals surface area contributed by atoms with Gasteiger partial charge in [0.1, 0.15) is 0 Å². The first-order chi connectivity index (χ1) is 13.2. The molecule has 0 aliphatic carbocycles. The highest BCUT2D eigenvalue weighted by atomic mass is 16.5. The molecule has 0 radical (unpaired) electrons. The minimum Gasteiger partial charge on any atom is -0.481 e. The normalized spacial score (nSPS) is 27.3. The first-order valence-corrected chi connectivity index (χ1v) is 11.0. The number of allylic oxidation sites excluding steroid dienone is 3. The van der Waals surface area contributed by atoms with Crippen molar-refractivity contribution < 1.29 is 19.4 Å². The van der Waals surface area contributed by atoms with Gasteiger partial charge in [-0.3, -0.25) is 4.79 Å². The maximum atomic E-state index is 10.5. The molecule has 2 aliphatic rings. The van der Waals surface area contributed by atoms with Crippen LogP contribution >= 0.6 is 0 Å². The third-order valence-corrected chi connectivity index (χ3v) is 5.89. The minimum atomic E-state index is -0.786. The van der Waals surface area contributed by atoms with Crippen LogP contribution in [0.15, 0.2) is 24.3 Å². The summed E-state index contributed by atoms with van der Waals surface area (Å²) >= 11 is 0. The smallest absolute Gasteiger partial charge is 0.307 e. The van der Waals surface area contributed by atoms with Crippen LogP contribution in [0.5, 0.6) is 0 Å². The molecule has 0 aromatic rings. The van der Waals surface area contributed by atoms with Gasteiger partial charge in [0.05, 0.1) is 18.6 Å². The number of carboxylic acids is 1. The number of rotatable bonds is 15. The molecule has 4 atom stereocenters. The van der Waals surface area contributed by atoms with Crippen LogP contribution in [0.25, 0.3) is 0 Å². The third-order valence-electron chi connectivity index (χ3n) is 5.89. The molecule has 2 heterocycles. The fourth-order valence-corrected chi connectivity index (χ4v) is 4.48. The van der Waals surface area contributed by atoms with E-state index in [1.165, 1.54) is 51.4 Å². The molecule has 0 aromatic carbocycles. The molecular formula is C23H38O4. The second kappa shape index (κ2) is 13.1. The molecule has 154 valence electrons. The Labute approximate surface area is 165 Å². The van der Waals surface area contributed by atoms with Gasteiger partial charge in [-0.25, -0.2) is 0 Å². The lowest BCUT2D eigenvalue weighted by Crippen LogP contribution is -2.26. The van der Waals surface area contributed by atoms with Gasteiger partial charge in [-0.2, -0.15) is 0 Å². The fourth-order valence-electron chi connectivity index (χ4n) is 4.48. The largest absolute Gasteiger partial charge is 0.481 e. The summed E-state index contributed by atoms with van der Waals surface area (Å²) < 4.78 is 11.9. The Morgan fingerprint density at radius 2 is 1.70 bits per heavy atom. The molecule has 4 nitrogen and oxygen atoms in total. The molecule has 0 spiro atoms. The lowest BCUT2D eigenvalue weighted by Gasteiger charge is -2.27. The standard InChI is InChI=1S/C23H38O4/c1-2-3-4-10-17-26-18-11-9-13-20-19(21-15-16-22(20)27-21)12-7-5-6-8-14-23(24)25/h5-8,19-22H,2-4,9-18H2,1H3,(H,24,25)/t19-,20+,21-,22+/m1/s1. The Bertz CT molecular complexity index is 471. The predicted molar refractivity (Wildman–Crippen MR) is 109 cm³/mol. The number of carbonyl (C=O) groups is 1. The van der Waals surface area contributed by atoms with Crippen LogP contribution in [0.2, 0.25) is 0 Å². The zero-order valence-corrected chi connectivity index (χ0v) is 17.0. The Morgan fingerprint density at radius 3 is 2.44 bits per heavy atom. The van der Waals surface area contributed by atoms with Crippen LogP contribution in [0, 0.1) is 11.8 Å². The number of carboxylic acid groups (broad SMARTS) is 1. The molecule has 0 amide bonds. The van der Waals surface area contributed by atoms with Crippen LogP contribution in [0.3, 0.4) is 0 Å². The van der Waals surface area contributed by atoms with E-state index in [1.54, 1.807) is 6.08 Å². The molecule has 2 fully saturated rings. The summed E-state index contributed by atoms with van der Waals surface area (Å²) in [6.07, 6.45) is 20.9. The maximum absolute atomic E-state index is 10.5. The molecule has 4 heteroatoms. The molecule has 2 bridgehead atoms. The van der Waals surface area contributed by atoms with Crippen molar-refractivity contribution in [2.75, 3.05) is 13.2 Å². The van der Waals surface area contributed by atoms with Gasteiger partial charge in [0, 0.05) is 13.2 Å². The van der Waals surface area contributed by atoms with Crippen LogP contribution in [0.1, 0.15) is 77.6 Å². The average Bonchev–Trinajstić information content (AvgIpc) is 3.25. The number of unbranched alkanes of at least 4 members (excludes halogenated alkanes) is 4. The van der Waals surface area contributed by atoms with E-state index >= 15 is 0 Å². The van der Waals surface area contributed by atoms with Gasteiger partial charge in [-0.15, -0.1) is 0 Å². The second-order valence-electron chi connectivity index (χ2n) is 7.98. The lowest BCUT2D eigenvalue weighted by molar-refractivity contribution is -0.136. The molecule has 0 saturated carbocycles. The highest BCUT2D eigenvalue weighted by Gasteiger charge is 2.47. The van der Waals surface area contributed by atoms with Crippen molar-refractivity contribution in [3.63, 3.8) is 0 Å². The van der Waals surface area contributed by atoms with Gasteiger partial charge in [0.2, 0.25) is 0 Å². The van der Waals surface area contributed by atoms with E-state index in [2.05, 4.69) is 13.0 Å². The summed E-state index contributed by atoms with van der Waals surface area (Å²) in [5.74, 6) is 0.523. The van der Waals surface area contributed by atoms with E-state index in [4.69, 9.17) is 14.6 Å². The average molecular weight is 379 g/mol. The van der Waals surface area contributed by atoms with Crippen LogP contribution < -0.4 is 0 Å². The van der Waals surface area contributed by atoms with Crippen LogP contribution in [-0.4, -0.2) is 36.5 Å². The van der Waals surface area contributed by atoms with Gasteiger partial charge >= 0.3 is 5.97 Å². The van der Waals surface area contributed by atoms with E-state index in [1.807, 2.05) is 12.2 Å². The number of aliphatic carboxylic acids is 1. The van der Waals surface area contributed by atoms with Gasteiger partial charge < -0.3 is 14.6 Å². The van der Waals surface area contributed by atoms with Crippen LogP contribution in [-0.2, 0) is 14.3 Å². The van der Waals surface area contributed by atoms with Crippen molar-refractivity contribution in [2.24, 2.45) is 11.8 Å². The first-order valence-electron chi connectivity index (χ1n) is 11.0. The SMILES string of the molecule is CCCCCCOCCCC[C@H]1[C@@H](CC=CC=CCC(=O)O)[C@H]2CC[C@@H]1O2. The molecule has 1 N–H and O–H groups in total. The van der Waals surface area contributed by atoms with Crippen molar-refractivity contribution in [3.05, 3.63) is 24.3 Å². The Morgan fingerprint density at radius 1 is 1.00 bits per heavy atom.